The van der Waals surface area contributed by atoms with E-state index in [0.717, 1.165) is 22.0 Å². The van der Waals surface area contributed by atoms with Crippen LogP contribution in [0.15, 0.2) is 53.9 Å². The van der Waals surface area contributed by atoms with Crippen molar-refractivity contribution in [2.45, 2.75) is 6.10 Å². The summed E-state index contributed by atoms with van der Waals surface area (Å²) in [5, 5.41) is 13.5. The topological polar surface area (TPSA) is 74.5 Å². The van der Waals surface area contributed by atoms with E-state index in [4.69, 9.17) is 9.47 Å². The maximum Gasteiger partial charge on any atom is 0.270 e. The van der Waals surface area contributed by atoms with Crippen molar-refractivity contribution >= 4 is 17.0 Å². The van der Waals surface area contributed by atoms with E-state index in [1.54, 1.807) is 6.07 Å². The molecule has 0 aliphatic carbocycles. The number of non-ortho nitro benzene ring substituents is 1. The van der Waals surface area contributed by atoms with E-state index in [0.29, 0.717) is 12.4 Å². The van der Waals surface area contributed by atoms with Gasteiger partial charge in [0.2, 0.25) is 0 Å². The Morgan fingerprint density at radius 2 is 2.00 bits per heavy atom. The maximum atomic E-state index is 10.9. The molecule has 24 heavy (non-hydrogen) atoms. The molecule has 1 aliphatic heterocycles. The van der Waals surface area contributed by atoms with Gasteiger partial charge < -0.3 is 9.47 Å². The van der Waals surface area contributed by atoms with Crippen molar-refractivity contribution in [3.8, 4) is 22.1 Å². The molecule has 0 fully saturated rings. The Balaban J connectivity index is 1.60. The molecule has 2 aromatic carbocycles. The van der Waals surface area contributed by atoms with Crippen LogP contribution in [0, 0.1) is 10.1 Å². The van der Waals surface area contributed by atoms with Gasteiger partial charge in [0, 0.05) is 23.1 Å². The van der Waals surface area contributed by atoms with Gasteiger partial charge in [-0.25, -0.2) is 4.98 Å². The third kappa shape index (κ3) is 2.69. The zero-order valence-electron chi connectivity index (χ0n) is 12.4. The van der Waals surface area contributed by atoms with Crippen LogP contribution >= 0.6 is 11.3 Å². The van der Waals surface area contributed by atoms with Gasteiger partial charge in [0.25, 0.3) is 5.69 Å². The van der Waals surface area contributed by atoms with Gasteiger partial charge in [-0.2, -0.15) is 0 Å². The van der Waals surface area contributed by atoms with E-state index in [-0.39, 0.29) is 11.8 Å². The predicted octanol–water partition coefficient (Wildman–Crippen LogP) is 4.23. The number of para-hydroxylation sites is 2. The molecule has 0 saturated heterocycles. The fraction of sp³-hybridized carbons (Fsp3) is 0.118. The zero-order chi connectivity index (χ0) is 16.5. The highest BCUT2D eigenvalue weighted by Crippen LogP contribution is 2.37. The summed E-state index contributed by atoms with van der Waals surface area (Å²) in [4.78, 5) is 15.1. The lowest BCUT2D eigenvalue weighted by Gasteiger charge is -2.25. The molecular weight excluding hydrogens is 328 g/mol. The van der Waals surface area contributed by atoms with Crippen molar-refractivity contribution in [3.05, 3.63) is 69.7 Å². The Hall–Kier alpha value is -2.93. The third-order valence-corrected chi connectivity index (χ3v) is 4.57. The number of hydrogen-bond donors (Lipinski definition) is 0. The Morgan fingerprint density at radius 1 is 1.17 bits per heavy atom. The quantitative estimate of drug-likeness (QED) is 0.527. The number of nitro benzene ring substituents is 1. The highest BCUT2D eigenvalue weighted by Gasteiger charge is 2.24. The second-order valence-electron chi connectivity index (χ2n) is 5.25. The number of aromatic nitrogens is 1. The van der Waals surface area contributed by atoms with E-state index in [2.05, 4.69) is 4.98 Å². The van der Waals surface area contributed by atoms with Crippen LogP contribution in [0.3, 0.4) is 0 Å². The van der Waals surface area contributed by atoms with Crippen molar-refractivity contribution in [1.29, 1.82) is 0 Å². The number of thiazole rings is 1. The van der Waals surface area contributed by atoms with Crippen LogP contribution in [-0.2, 0) is 0 Å². The molecule has 120 valence electrons. The minimum atomic E-state index is -0.410. The summed E-state index contributed by atoms with van der Waals surface area (Å²) in [6.07, 6.45) is -0.288. The van der Waals surface area contributed by atoms with E-state index in [9.17, 15) is 10.1 Å². The number of nitrogens with zero attached hydrogens (tertiary/aromatic N) is 2. The van der Waals surface area contributed by atoms with Crippen molar-refractivity contribution in [2.75, 3.05) is 6.61 Å². The Labute approximate surface area is 141 Å². The molecule has 0 amide bonds. The first-order valence-electron chi connectivity index (χ1n) is 7.29. The number of benzene rings is 2. The fourth-order valence-corrected chi connectivity index (χ4v) is 3.34. The summed E-state index contributed by atoms with van der Waals surface area (Å²) in [5.74, 6) is 1.42. The summed E-state index contributed by atoms with van der Waals surface area (Å²) in [6.45, 7) is 0.384. The molecule has 2 heterocycles. The molecule has 0 radical (unpaired) electrons. The SMILES string of the molecule is O=[N+]([O-])c1cccc(-c2nc(C3COc4ccccc4O3)cs2)c1. The van der Waals surface area contributed by atoms with E-state index >= 15 is 0 Å². The molecule has 7 heteroatoms. The average molecular weight is 340 g/mol. The van der Waals surface area contributed by atoms with E-state index < -0.39 is 4.92 Å². The van der Waals surface area contributed by atoms with Crippen LogP contribution in [0.5, 0.6) is 11.5 Å². The maximum absolute atomic E-state index is 10.9. The van der Waals surface area contributed by atoms with Crippen molar-refractivity contribution < 1.29 is 14.4 Å². The molecule has 0 bridgehead atoms. The molecule has 0 N–H and O–H groups in total. The second-order valence-corrected chi connectivity index (χ2v) is 6.11. The number of hydrogen-bond acceptors (Lipinski definition) is 6. The second kappa shape index (κ2) is 5.93. The lowest BCUT2D eigenvalue weighted by Crippen LogP contribution is -2.21. The molecule has 1 aromatic heterocycles. The number of nitro groups is 1. The van der Waals surface area contributed by atoms with E-state index in [1.165, 1.54) is 23.5 Å². The summed E-state index contributed by atoms with van der Waals surface area (Å²) in [5.41, 5.74) is 1.53. The Kier molecular flexibility index (Phi) is 3.62. The van der Waals surface area contributed by atoms with Gasteiger partial charge in [-0.15, -0.1) is 11.3 Å². The Bertz CT molecular complexity index is 909. The van der Waals surface area contributed by atoms with Gasteiger partial charge in [-0.05, 0) is 12.1 Å². The first kappa shape index (κ1) is 14.6. The van der Waals surface area contributed by atoms with Gasteiger partial charge in [-0.3, -0.25) is 10.1 Å². The molecule has 3 aromatic rings. The first-order chi connectivity index (χ1) is 11.7. The van der Waals surface area contributed by atoms with Gasteiger partial charge in [-0.1, -0.05) is 24.3 Å². The fourth-order valence-electron chi connectivity index (χ4n) is 2.48. The Morgan fingerprint density at radius 3 is 2.83 bits per heavy atom. The molecule has 1 aliphatic rings. The van der Waals surface area contributed by atoms with Crippen LogP contribution in [-0.4, -0.2) is 16.5 Å². The summed E-state index contributed by atoms with van der Waals surface area (Å²) >= 11 is 1.43. The number of ether oxygens (including phenoxy) is 2. The van der Waals surface area contributed by atoms with Gasteiger partial charge in [0.05, 0.1) is 10.6 Å². The zero-order valence-corrected chi connectivity index (χ0v) is 13.2. The monoisotopic (exact) mass is 340 g/mol. The summed E-state index contributed by atoms with van der Waals surface area (Å²) in [7, 11) is 0. The van der Waals surface area contributed by atoms with Crippen molar-refractivity contribution in [3.63, 3.8) is 0 Å². The lowest BCUT2D eigenvalue weighted by molar-refractivity contribution is -0.384. The third-order valence-electron chi connectivity index (χ3n) is 3.66. The first-order valence-corrected chi connectivity index (χ1v) is 8.17. The largest absolute Gasteiger partial charge is 0.485 e. The summed E-state index contributed by atoms with van der Waals surface area (Å²) in [6, 6.07) is 14.0. The predicted molar refractivity (Wildman–Crippen MR) is 89.5 cm³/mol. The molecular formula is C17H12N2O4S. The van der Waals surface area contributed by atoms with Gasteiger partial charge >= 0.3 is 0 Å². The molecule has 0 saturated carbocycles. The van der Waals surface area contributed by atoms with Crippen LogP contribution in [0.4, 0.5) is 5.69 Å². The molecule has 4 rings (SSSR count). The normalized spacial score (nSPS) is 15.9. The van der Waals surface area contributed by atoms with Crippen molar-refractivity contribution in [1.82, 2.24) is 4.98 Å². The van der Waals surface area contributed by atoms with Crippen LogP contribution in [0.25, 0.3) is 10.6 Å². The average Bonchev–Trinajstić information content (AvgIpc) is 3.11. The molecule has 6 nitrogen and oxygen atoms in total. The van der Waals surface area contributed by atoms with Gasteiger partial charge in [0.1, 0.15) is 11.6 Å². The smallest absolute Gasteiger partial charge is 0.270 e. The number of fused-ring (bicyclic) bond motifs is 1. The molecule has 1 atom stereocenters. The number of rotatable bonds is 3. The molecule has 1 unspecified atom stereocenters. The highest BCUT2D eigenvalue weighted by atomic mass is 32.1. The standard InChI is InChI=1S/C17H12N2O4S/c20-19(21)12-5-3-4-11(8-12)17-18-13(10-24-17)16-9-22-14-6-1-2-7-15(14)23-16/h1-8,10,16H,9H2. The van der Waals surface area contributed by atoms with Gasteiger partial charge in [0.15, 0.2) is 17.6 Å². The van der Waals surface area contributed by atoms with Crippen LogP contribution in [0.2, 0.25) is 0 Å². The minimum Gasteiger partial charge on any atom is -0.485 e. The highest BCUT2D eigenvalue weighted by molar-refractivity contribution is 7.13. The lowest BCUT2D eigenvalue weighted by atomic mass is 10.2. The molecule has 0 spiro atoms. The summed E-state index contributed by atoms with van der Waals surface area (Å²) < 4.78 is 11.6. The van der Waals surface area contributed by atoms with E-state index in [1.807, 2.05) is 35.7 Å². The van der Waals surface area contributed by atoms with Crippen LogP contribution in [0.1, 0.15) is 11.8 Å². The van der Waals surface area contributed by atoms with Crippen LogP contribution < -0.4 is 9.47 Å². The van der Waals surface area contributed by atoms with Crippen molar-refractivity contribution in [2.24, 2.45) is 0 Å². The minimum absolute atomic E-state index is 0.0513.